The molecule has 0 unspecified atom stereocenters. The third-order valence-electron chi connectivity index (χ3n) is 8.98. The van der Waals surface area contributed by atoms with Crippen molar-refractivity contribution in [1.29, 1.82) is 0 Å². The number of rotatable bonds is 16. The molecule has 0 fully saturated rings. The second kappa shape index (κ2) is 29.6. The summed E-state index contributed by atoms with van der Waals surface area (Å²) < 4.78 is 31.8. The second-order valence-corrected chi connectivity index (χ2v) is 18.5. The summed E-state index contributed by atoms with van der Waals surface area (Å²) in [5.41, 5.74) is 0. The van der Waals surface area contributed by atoms with Gasteiger partial charge in [-0.1, -0.05) is 72.8 Å². The second-order valence-electron chi connectivity index (χ2n) is 14.0. The molecule has 0 aromatic heterocycles. The Kier molecular flexibility index (Phi) is 25.1. The van der Waals surface area contributed by atoms with E-state index in [1.165, 1.54) is 59.5 Å². The molecular weight excluding hydrogens is 905 g/mol. The van der Waals surface area contributed by atoms with Crippen LogP contribution in [0.3, 0.4) is 0 Å². The number of carbonyl (C=O) groups excluding carboxylic acids is 4. The number of ether oxygens (including phenoxy) is 6. The molecular formula is C52H58NiO10P2. The quantitative estimate of drug-likeness (QED) is 0.0535. The van der Waals surface area contributed by atoms with E-state index in [-0.39, 0.29) is 52.5 Å². The van der Waals surface area contributed by atoms with Crippen LogP contribution < -0.4 is 60.2 Å². The van der Waals surface area contributed by atoms with Gasteiger partial charge in [-0.15, -0.1) is 0 Å². The molecule has 0 radical (unpaired) electrons. The minimum absolute atomic E-state index is 0. The smallest absolute Gasteiger partial charge is 0.137 e. The van der Waals surface area contributed by atoms with Gasteiger partial charge >= 0.3 is 0 Å². The summed E-state index contributed by atoms with van der Waals surface area (Å²) in [5, 5.41) is 7.62. The van der Waals surface area contributed by atoms with E-state index in [4.69, 9.17) is 28.4 Å². The van der Waals surface area contributed by atoms with E-state index in [0.717, 1.165) is 34.5 Å². The van der Waals surface area contributed by atoms with Crippen LogP contribution in [0.25, 0.3) is 0 Å². The van der Waals surface area contributed by atoms with Crippen molar-refractivity contribution in [3.8, 4) is 34.5 Å². The van der Waals surface area contributed by atoms with Crippen LogP contribution >= 0.6 is 15.8 Å². The fourth-order valence-corrected chi connectivity index (χ4v) is 10.5. The molecule has 0 atom stereocenters. The molecule has 65 heavy (non-hydrogen) atoms. The van der Waals surface area contributed by atoms with Crippen LogP contribution in [0.1, 0.15) is 40.5 Å². The summed E-state index contributed by atoms with van der Waals surface area (Å²) in [7, 11) is 8.78. The van der Waals surface area contributed by atoms with Crippen molar-refractivity contribution in [2.75, 3.05) is 42.7 Å². The fourth-order valence-electron chi connectivity index (χ4n) is 5.98. The summed E-state index contributed by atoms with van der Waals surface area (Å²) in [5.74, 6) is 4.93. The molecule has 0 aliphatic rings. The summed E-state index contributed by atoms with van der Waals surface area (Å²) in [6, 6.07) is 49.8. The zero-order valence-electron chi connectivity index (χ0n) is 38.6. The van der Waals surface area contributed by atoms with Gasteiger partial charge in [-0.25, -0.2) is 0 Å². The van der Waals surface area contributed by atoms with Gasteiger partial charge in [0.25, 0.3) is 0 Å². The van der Waals surface area contributed by atoms with Crippen molar-refractivity contribution in [3.63, 3.8) is 0 Å². The Labute approximate surface area is 396 Å². The molecule has 6 rings (SSSR count). The summed E-state index contributed by atoms with van der Waals surface area (Å²) in [6.07, 6.45) is 0.167. The average Bonchev–Trinajstić information content (AvgIpc) is 3.30. The summed E-state index contributed by atoms with van der Waals surface area (Å²) >= 11 is 0. The first-order chi connectivity index (χ1) is 30.7. The maximum absolute atomic E-state index is 10.0. The Hall–Kier alpha value is -5.85. The number of ketones is 4. The molecule has 0 saturated heterocycles. The molecule has 13 heteroatoms. The Morgan fingerprint density at radius 3 is 0.492 bits per heavy atom. The van der Waals surface area contributed by atoms with Crippen LogP contribution in [0.15, 0.2) is 146 Å². The zero-order valence-corrected chi connectivity index (χ0v) is 41.3. The van der Waals surface area contributed by atoms with Gasteiger partial charge in [0.2, 0.25) is 0 Å². The third-order valence-corrected chi connectivity index (χ3v) is 13.9. The molecule has 346 valence electrons. The standard InChI is InChI=1S/2C21H21O3P.2C5H8O2.Ni/c2*1-22-16-4-10-19(11-5-16)25(20-12-6-17(23-2)7-13-20)21-14-8-18(24-3)9-15-21;2*1-4(6)3-5(2)7;/h2*4-15H,1-3H3;2*3H2,1-2H3;. The molecule has 0 heterocycles. The van der Waals surface area contributed by atoms with Gasteiger partial charge in [0.05, 0.1) is 55.5 Å². The maximum atomic E-state index is 10.0. The molecule has 6 aromatic rings. The van der Waals surface area contributed by atoms with Gasteiger partial charge in [-0.2, -0.15) is 0 Å². The Morgan fingerprint density at radius 2 is 0.415 bits per heavy atom. The molecule has 0 amide bonds. The van der Waals surface area contributed by atoms with Gasteiger partial charge in [0.1, 0.15) is 57.6 Å². The molecule has 0 bridgehead atoms. The van der Waals surface area contributed by atoms with Gasteiger partial charge < -0.3 is 28.4 Å². The number of Topliss-reactive ketones (excluding diaryl/α,β-unsaturated/α-hetero) is 4. The number of hydrogen-bond donors (Lipinski definition) is 0. The van der Waals surface area contributed by atoms with Gasteiger partial charge in [0.15, 0.2) is 0 Å². The molecule has 0 aliphatic heterocycles. The van der Waals surface area contributed by atoms with Crippen LogP contribution in [0.4, 0.5) is 0 Å². The number of benzene rings is 6. The van der Waals surface area contributed by atoms with Crippen LogP contribution in [-0.4, -0.2) is 65.8 Å². The topological polar surface area (TPSA) is 124 Å². The van der Waals surface area contributed by atoms with E-state index in [9.17, 15) is 19.2 Å². The SMILES string of the molecule is CC(=O)CC(C)=O.CC(=O)CC(C)=O.COc1ccc(P(c2ccc(OC)cc2)c2ccc(OC)cc2)cc1.COc1ccc(P(c2ccc(OC)cc2)c2ccc(OC)cc2)cc1.[Ni]. The average molecular weight is 964 g/mol. The first kappa shape index (κ1) is 55.3. The summed E-state index contributed by atoms with van der Waals surface area (Å²) in [6.45, 7) is 5.62. The van der Waals surface area contributed by atoms with Crippen LogP contribution in [0.5, 0.6) is 34.5 Å². The molecule has 0 saturated carbocycles. The minimum atomic E-state index is -0.665. The Morgan fingerprint density at radius 1 is 0.292 bits per heavy atom. The normalized spacial score (nSPS) is 9.91. The summed E-state index contributed by atoms with van der Waals surface area (Å²) in [4.78, 5) is 40.1. The minimum Gasteiger partial charge on any atom is -0.497 e. The Bertz CT molecular complexity index is 1920. The van der Waals surface area contributed by atoms with Crippen molar-refractivity contribution < 1.29 is 64.1 Å². The molecule has 0 spiro atoms. The zero-order chi connectivity index (χ0) is 47.0. The van der Waals surface area contributed by atoms with E-state index < -0.39 is 15.8 Å². The largest absolute Gasteiger partial charge is 0.497 e. The van der Waals surface area contributed by atoms with E-state index in [2.05, 4.69) is 72.8 Å². The third kappa shape index (κ3) is 19.0. The van der Waals surface area contributed by atoms with Crippen LogP contribution in [0.2, 0.25) is 0 Å². The van der Waals surface area contributed by atoms with E-state index >= 15 is 0 Å². The predicted molar refractivity (Wildman–Crippen MR) is 262 cm³/mol. The van der Waals surface area contributed by atoms with Gasteiger partial charge in [-0.3, -0.25) is 19.2 Å². The molecule has 0 aliphatic carbocycles. The number of methoxy groups -OCH3 is 6. The fraction of sp³-hybridized carbons (Fsp3) is 0.231. The predicted octanol–water partition coefficient (Wildman–Crippen LogP) is 8.05. The van der Waals surface area contributed by atoms with Crippen LogP contribution in [-0.2, 0) is 35.7 Å². The monoisotopic (exact) mass is 962 g/mol. The van der Waals surface area contributed by atoms with Crippen molar-refractivity contribution in [1.82, 2.24) is 0 Å². The van der Waals surface area contributed by atoms with Gasteiger partial charge in [-0.05, 0) is 148 Å². The van der Waals surface area contributed by atoms with E-state index in [0.29, 0.717) is 0 Å². The number of carbonyl (C=O) groups is 4. The van der Waals surface area contributed by atoms with E-state index in [1.54, 1.807) is 42.7 Å². The molecule has 6 aromatic carbocycles. The molecule has 0 N–H and O–H groups in total. The Balaban J connectivity index is 0.000000343. The van der Waals surface area contributed by atoms with E-state index in [1.807, 2.05) is 72.8 Å². The van der Waals surface area contributed by atoms with Gasteiger partial charge in [0, 0.05) is 16.5 Å². The van der Waals surface area contributed by atoms with Crippen molar-refractivity contribution in [2.45, 2.75) is 40.5 Å². The first-order valence-electron chi connectivity index (χ1n) is 20.2. The number of hydrogen-bond acceptors (Lipinski definition) is 10. The van der Waals surface area contributed by atoms with Crippen molar-refractivity contribution in [3.05, 3.63) is 146 Å². The maximum Gasteiger partial charge on any atom is 0.137 e. The molecule has 10 nitrogen and oxygen atoms in total. The van der Waals surface area contributed by atoms with Crippen molar-refractivity contribution >= 4 is 70.8 Å². The first-order valence-corrected chi connectivity index (χ1v) is 22.9. The van der Waals surface area contributed by atoms with Crippen LogP contribution in [0, 0.1) is 0 Å². The van der Waals surface area contributed by atoms with Crippen molar-refractivity contribution in [2.24, 2.45) is 0 Å².